The lowest BCUT2D eigenvalue weighted by Crippen LogP contribution is -2.26. The van der Waals surface area contributed by atoms with Crippen LogP contribution in [0, 0.1) is 0 Å². The van der Waals surface area contributed by atoms with Gasteiger partial charge < -0.3 is 4.98 Å². The number of halogens is 1. The van der Waals surface area contributed by atoms with E-state index in [4.69, 9.17) is 10.7 Å². The van der Waals surface area contributed by atoms with E-state index < -0.39 is 15.1 Å². The van der Waals surface area contributed by atoms with Gasteiger partial charge in [0.05, 0.1) is 5.56 Å². The molecule has 0 aliphatic rings. The molecule has 0 aliphatic carbocycles. The third-order valence-electron chi connectivity index (χ3n) is 2.05. The molecule has 1 amide bonds. The van der Waals surface area contributed by atoms with Gasteiger partial charge in [-0.2, -0.15) is 8.42 Å². The van der Waals surface area contributed by atoms with Crippen molar-refractivity contribution in [2.24, 2.45) is 0 Å². The summed E-state index contributed by atoms with van der Waals surface area (Å²) < 4.78 is 23.1. The minimum atomic E-state index is -4.06. The summed E-state index contributed by atoms with van der Waals surface area (Å²) >= 11 is 0. The minimum Gasteiger partial charge on any atom is -0.360 e. The molecular formula is C9H7ClN2O3S. The molecule has 0 bridgehead atoms. The van der Waals surface area contributed by atoms with Crippen molar-refractivity contribution >= 4 is 36.7 Å². The van der Waals surface area contributed by atoms with Crippen molar-refractivity contribution in [1.82, 2.24) is 9.71 Å². The number of carbonyl (C=O) groups is 1. The molecule has 0 saturated carbocycles. The highest BCUT2D eigenvalue weighted by atomic mass is 35.7. The van der Waals surface area contributed by atoms with Crippen molar-refractivity contribution in [2.75, 3.05) is 0 Å². The summed E-state index contributed by atoms with van der Waals surface area (Å²) in [5, 5.41) is 0.639. The standard InChI is InChI=1S/C9H7ClN2O3S/c10-16(14,15)12-9(13)7-5-11-8-4-2-1-3-6(7)8/h1-5,11H,(H,12,13). The van der Waals surface area contributed by atoms with Crippen LogP contribution in [0.15, 0.2) is 30.5 Å². The molecule has 1 heterocycles. The first-order valence-corrected chi connectivity index (χ1v) is 6.61. The Bertz CT molecular complexity index is 648. The molecule has 0 atom stereocenters. The van der Waals surface area contributed by atoms with E-state index in [1.54, 1.807) is 29.0 Å². The predicted molar refractivity (Wildman–Crippen MR) is 60.5 cm³/mol. The molecule has 1 aromatic carbocycles. The van der Waals surface area contributed by atoms with Gasteiger partial charge in [-0.1, -0.05) is 18.2 Å². The van der Waals surface area contributed by atoms with Crippen molar-refractivity contribution in [3.8, 4) is 0 Å². The van der Waals surface area contributed by atoms with Crippen LogP contribution in [-0.2, 0) is 9.24 Å². The fourth-order valence-corrected chi connectivity index (χ4v) is 1.97. The normalized spacial score (nSPS) is 11.6. The van der Waals surface area contributed by atoms with Crippen LogP contribution in [0.2, 0.25) is 0 Å². The lowest BCUT2D eigenvalue weighted by atomic mass is 10.2. The van der Waals surface area contributed by atoms with Gasteiger partial charge in [0.2, 0.25) is 0 Å². The van der Waals surface area contributed by atoms with Gasteiger partial charge in [-0.25, -0.2) is 4.72 Å². The molecule has 0 spiro atoms. The zero-order valence-corrected chi connectivity index (χ0v) is 9.47. The van der Waals surface area contributed by atoms with Gasteiger partial charge >= 0.3 is 9.24 Å². The maximum absolute atomic E-state index is 11.5. The van der Waals surface area contributed by atoms with Crippen LogP contribution in [0.25, 0.3) is 10.9 Å². The largest absolute Gasteiger partial charge is 0.360 e. The van der Waals surface area contributed by atoms with Crippen LogP contribution in [0.4, 0.5) is 0 Å². The summed E-state index contributed by atoms with van der Waals surface area (Å²) in [5.41, 5.74) is 0.986. The fourth-order valence-electron chi connectivity index (χ4n) is 1.43. The van der Waals surface area contributed by atoms with Crippen molar-refractivity contribution in [2.45, 2.75) is 0 Å². The van der Waals surface area contributed by atoms with Crippen molar-refractivity contribution in [1.29, 1.82) is 0 Å². The van der Waals surface area contributed by atoms with Crippen LogP contribution in [0.5, 0.6) is 0 Å². The Morgan fingerprint density at radius 2 is 2.00 bits per heavy atom. The number of carbonyl (C=O) groups excluding carboxylic acids is 1. The number of aromatic amines is 1. The predicted octanol–water partition coefficient (Wildman–Crippen LogP) is 1.38. The van der Waals surface area contributed by atoms with Crippen LogP contribution < -0.4 is 4.72 Å². The highest BCUT2D eigenvalue weighted by Gasteiger charge is 2.16. The van der Waals surface area contributed by atoms with E-state index in [-0.39, 0.29) is 5.56 Å². The molecule has 7 heteroatoms. The molecular weight excluding hydrogens is 252 g/mol. The molecule has 0 aliphatic heterocycles. The van der Waals surface area contributed by atoms with E-state index >= 15 is 0 Å². The zero-order chi connectivity index (χ0) is 11.8. The van der Waals surface area contributed by atoms with Crippen LogP contribution in [0.1, 0.15) is 10.4 Å². The maximum atomic E-state index is 11.5. The Labute approximate surface area is 96.0 Å². The molecule has 84 valence electrons. The number of hydrogen-bond acceptors (Lipinski definition) is 3. The summed E-state index contributed by atoms with van der Waals surface area (Å²) in [4.78, 5) is 14.4. The van der Waals surface area contributed by atoms with Gasteiger partial charge in [-0.15, -0.1) is 0 Å². The lowest BCUT2D eigenvalue weighted by molar-refractivity contribution is 0.0984. The SMILES string of the molecule is O=C(NS(=O)(=O)Cl)c1c[nH]c2ccccc12. The highest BCUT2D eigenvalue weighted by Crippen LogP contribution is 2.17. The molecule has 0 fully saturated rings. The molecule has 1 aromatic heterocycles. The Morgan fingerprint density at radius 3 is 2.69 bits per heavy atom. The second-order valence-electron chi connectivity index (χ2n) is 3.12. The topological polar surface area (TPSA) is 79.0 Å². The number of aromatic nitrogens is 1. The quantitative estimate of drug-likeness (QED) is 0.799. The molecule has 0 saturated heterocycles. The van der Waals surface area contributed by atoms with Gasteiger partial charge in [0.1, 0.15) is 0 Å². The molecule has 2 rings (SSSR count). The number of rotatable bonds is 2. The Morgan fingerprint density at radius 1 is 1.31 bits per heavy atom. The minimum absolute atomic E-state index is 0.236. The van der Waals surface area contributed by atoms with Gasteiger partial charge in [0.25, 0.3) is 5.91 Å². The Kier molecular flexibility index (Phi) is 2.61. The van der Waals surface area contributed by atoms with E-state index in [2.05, 4.69) is 4.98 Å². The molecule has 2 aromatic rings. The van der Waals surface area contributed by atoms with E-state index in [0.717, 1.165) is 5.52 Å². The molecule has 5 nitrogen and oxygen atoms in total. The number of H-pyrrole nitrogens is 1. The van der Waals surface area contributed by atoms with Crippen molar-refractivity contribution < 1.29 is 13.2 Å². The number of para-hydroxylation sites is 1. The monoisotopic (exact) mass is 258 g/mol. The molecule has 0 unspecified atom stereocenters. The maximum Gasteiger partial charge on any atom is 0.321 e. The summed E-state index contributed by atoms with van der Waals surface area (Å²) in [7, 11) is 0.867. The number of fused-ring (bicyclic) bond motifs is 1. The molecule has 16 heavy (non-hydrogen) atoms. The van der Waals surface area contributed by atoms with E-state index in [0.29, 0.717) is 5.39 Å². The first kappa shape index (κ1) is 11.0. The first-order chi connectivity index (χ1) is 7.47. The van der Waals surface area contributed by atoms with Gasteiger partial charge in [-0.05, 0) is 6.07 Å². The fraction of sp³-hybridized carbons (Fsp3) is 0. The number of hydrogen-bond donors (Lipinski definition) is 2. The number of amides is 1. The van der Waals surface area contributed by atoms with Gasteiger partial charge in [-0.3, -0.25) is 4.79 Å². The number of nitrogens with one attached hydrogen (secondary N) is 2. The molecule has 0 radical (unpaired) electrons. The smallest absolute Gasteiger partial charge is 0.321 e. The van der Waals surface area contributed by atoms with Crippen LogP contribution in [-0.4, -0.2) is 19.3 Å². The van der Waals surface area contributed by atoms with Gasteiger partial charge in [0.15, 0.2) is 0 Å². The van der Waals surface area contributed by atoms with E-state index in [1.165, 1.54) is 6.20 Å². The highest BCUT2D eigenvalue weighted by molar-refractivity contribution is 8.12. The summed E-state index contributed by atoms with van der Waals surface area (Å²) in [6, 6.07) is 7.05. The third-order valence-corrected chi connectivity index (χ3v) is 2.71. The lowest BCUT2D eigenvalue weighted by Gasteiger charge is -1.98. The van der Waals surface area contributed by atoms with Gasteiger partial charge in [0, 0.05) is 27.8 Å². The Balaban J connectivity index is 2.45. The molecule has 2 N–H and O–H groups in total. The second-order valence-corrected chi connectivity index (χ2v) is 5.42. The first-order valence-electron chi connectivity index (χ1n) is 4.30. The van der Waals surface area contributed by atoms with Crippen LogP contribution in [0.3, 0.4) is 0 Å². The number of benzene rings is 1. The van der Waals surface area contributed by atoms with E-state index in [1.807, 2.05) is 0 Å². The summed E-state index contributed by atoms with van der Waals surface area (Å²) in [5.74, 6) is -0.757. The summed E-state index contributed by atoms with van der Waals surface area (Å²) in [6.07, 6.45) is 1.43. The Hall–Kier alpha value is -1.53. The average molecular weight is 259 g/mol. The van der Waals surface area contributed by atoms with Crippen LogP contribution >= 0.6 is 10.7 Å². The van der Waals surface area contributed by atoms with E-state index in [9.17, 15) is 13.2 Å². The van der Waals surface area contributed by atoms with Crippen molar-refractivity contribution in [3.05, 3.63) is 36.0 Å². The zero-order valence-electron chi connectivity index (χ0n) is 7.90. The third kappa shape index (κ3) is 2.17. The van der Waals surface area contributed by atoms with Crippen molar-refractivity contribution in [3.63, 3.8) is 0 Å². The second kappa shape index (κ2) is 3.80. The summed E-state index contributed by atoms with van der Waals surface area (Å²) in [6.45, 7) is 0. The average Bonchev–Trinajstić information content (AvgIpc) is 2.58.